The number of ether oxygens (including phenoxy) is 1. The second-order valence-electron chi connectivity index (χ2n) is 6.71. The van der Waals surface area contributed by atoms with E-state index < -0.39 is 0 Å². The zero-order chi connectivity index (χ0) is 20.1. The minimum Gasteiger partial charge on any atom is -0.383 e. The fraction of sp³-hybridized carbons (Fsp3) is 0.421. The number of aldehydes is 2. The Hall–Kier alpha value is -2.78. The molecule has 1 fully saturated rings. The normalized spacial score (nSPS) is 15.6. The zero-order valence-corrected chi connectivity index (χ0v) is 16.9. The number of carbonyl (C=O) groups excluding carboxylic acids is 3. The number of halogens is 1. The summed E-state index contributed by atoms with van der Waals surface area (Å²) in [7, 11) is 1.82. The number of fused-ring (bicyclic) bond motifs is 1. The summed E-state index contributed by atoms with van der Waals surface area (Å²) in [5, 5.41) is 3.39. The van der Waals surface area contributed by atoms with Crippen molar-refractivity contribution in [2.45, 2.75) is 25.4 Å². The number of amides is 1. The van der Waals surface area contributed by atoms with Crippen molar-refractivity contribution in [2.75, 3.05) is 37.4 Å². The van der Waals surface area contributed by atoms with Gasteiger partial charge in [-0.05, 0) is 31.4 Å². The highest BCUT2D eigenvalue weighted by Gasteiger charge is 2.22. The molecule has 1 aromatic carbocycles. The van der Waals surface area contributed by atoms with E-state index in [-0.39, 0.29) is 41.4 Å². The summed E-state index contributed by atoms with van der Waals surface area (Å²) in [5.74, 6) is 0.573. The van der Waals surface area contributed by atoms with Crippen LogP contribution in [0.1, 0.15) is 40.0 Å². The lowest BCUT2D eigenvalue weighted by Gasteiger charge is -2.18. The number of nitrogen functional groups attached to an aromatic ring is 1. The molecule has 1 aromatic heterocycles. The van der Waals surface area contributed by atoms with Crippen molar-refractivity contribution in [3.05, 3.63) is 23.3 Å². The van der Waals surface area contributed by atoms with Crippen molar-refractivity contribution in [3.8, 4) is 0 Å². The van der Waals surface area contributed by atoms with Crippen LogP contribution in [0.3, 0.4) is 0 Å². The third kappa shape index (κ3) is 5.18. The number of nitrogens with zero attached hydrogens (tertiary/aromatic N) is 3. The van der Waals surface area contributed by atoms with Crippen molar-refractivity contribution in [3.63, 3.8) is 0 Å². The van der Waals surface area contributed by atoms with Crippen molar-refractivity contribution >= 4 is 53.6 Å². The summed E-state index contributed by atoms with van der Waals surface area (Å²) in [5.41, 5.74) is 7.02. The quantitative estimate of drug-likeness (QED) is 0.483. The first-order valence-corrected chi connectivity index (χ1v) is 9.15. The van der Waals surface area contributed by atoms with Crippen LogP contribution in [0.25, 0.3) is 10.9 Å². The SMILES string of the molecule is CN(CCCNC(=O)C1CCCO1)c1nc(N)c2cc(C=O)c(C=O)cc2n1.Cl. The van der Waals surface area contributed by atoms with Crippen LogP contribution in [-0.4, -0.2) is 61.3 Å². The van der Waals surface area contributed by atoms with E-state index in [4.69, 9.17) is 10.5 Å². The Morgan fingerprint density at radius 2 is 2.03 bits per heavy atom. The monoisotopic (exact) mass is 421 g/mol. The van der Waals surface area contributed by atoms with E-state index in [2.05, 4.69) is 15.3 Å². The van der Waals surface area contributed by atoms with Gasteiger partial charge in [-0.25, -0.2) is 4.98 Å². The number of hydrogen-bond donors (Lipinski definition) is 2. The molecule has 9 nitrogen and oxygen atoms in total. The highest BCUT2D eigenvalue weighted by atomic mass is 35.5. The van der Waals surface area contributed by atoms with E-state index in [1.165, 1.54) is 12.1 Å². The molecule has 10 heteroatoms. The molecule has 0 bridgehead atoms. The average Bonchev–Trinajstić information content (AvgIpc) is 3.24. The van der Waals surface area contributed by atoms with Crippen LogP contribution in [0.5, 0.6) is 0 Å². The smallest absolute Gasteiger partial charge is 0.249 e. The third-order valence-electron chi connectivity index (χ3n) is 4.71. The van der Waals surface area contributed by atoms with Gasteiger partial charge in [0, 0.05) is 43.3 Å². The molecule has 0 aliphatic carbocycles. The van der Waals surface area contributed by atoms with Gasteiger partial charge in [0.15, 0.2) is 12.6 Å². The third-order valence-corrected chi connectivity index (χ3v) is 4.71. The van der Waals surface area contributed by atoms with Crippen molar-refractivity contribution < 1.29 is 19.1 Å². The summed E-state index contributed by atoms with van der Waals surface area (Å²) in [4.78, 5) is 44.8. The fourth-order valence-corrected chi connectivity index (χ4v) is 3.12. The first-order valence-electron chi connectivity index (χ1n) is 9.15. The Morgan fingerprint density at radius 3 is 2.69 bits per heavy atom. The van der Waals surface area contributed by atoms with Crippen molar-refractivity contribution in [2.24, 2.45) is 0 Å². The van der Waals surface area contributed by atoms with E-state index >= 15 is 0 Å². The molecule has 1 atom stereocenters. The maximum Gasteiger partial charge on any atom is 0.249 e. The number of nitrogens with two attached hydrogens (primary N) is 1. The molecule has 1 unspecified atom stereocenters. The zero-order valence-electron chi connectivity index (χ0n) is 16.1. The van der Waals surface area contributed by atoms with Crippen LogP contribution in [0, 0.1) is 0 Å². The molecule has 1 aliphatic rings. The number of carbonyl (C=O) groups is 3. The first kappa shape index (κ1) is 22.5. The second kappa shape index (κ2) is 10.1. The van der Waals surface area contributed by atoms with Crippen molar-refractivity contribution in [1.29, 1.82) is 0 Å². The molecular weight excluding hydrogens is 398 g/mol. The van der Waals surface area contributed by atoms with Gasteiger partial charge in [0.25, 0.3) is 0 Å². The lowest BCUT2D eigenvalue weighted by molar-refractivity contribution is -0.130. The van der Waals surface area contributed by atoms with E-state index in [1.54, 1.807) is 0 Å². The molecular formula is C19H24ClN5O4. The van der Waals surface area contributed by atoms with Gasteiger partial charge < -0.3 is 20.7 Å². The van der Waals surface area contributed by atoms with Crippen LogP contribution >= 0.6 is 12.4 Å². The molecule has 1 aliphatic heterocycles. The summed E-state index contributed by atoms with van der Waals surface area (Å²) >= 11 is 0. The number of hydrogen-bond acceptors (Lipinski definition) is 8. The number of nitrogens with one attached hydrogen (secondary N) is 1. The molecule has 2 aromatic rings. The topological polar surface area (TPSA) is 128 Å². The number of benzene rings is 1. The average molecular weight is 422 g/mol. The van der Waals surface area contributed by atoms with Crippen LogP contribution in [0.4, 0.5) is 11.8 Å². The van der Waals surface area contributed by atoms with Gasteiger partial charge in [-0.1, -0.05) is 0 Å². The van der Waals surface area contributed by atoms with E-state index in [9.17, 15) is 14.4 Å². The molecule has 1 saturated heterocycles. The van der Waals surface area contributed by atoms with Gasteiger partial charge in [0.2, 0.25) is 11.9 Å². The molecule has 29 heavy (non-hydrogen) atoms. The van der Waals surface area contributed by atoms with Gasteiger partial charge in [-0.2, -0.15) is 4.98 Å². The maximum atomic E-state index is 11.9. The molecule has 3 rings (SSSR count). The first-order chi connectivity index (χ1) is 13.5. The highest BCUT2D eigenvalue weighted by molar-refractivity contribution is 6.00. The van der Waals surface area contributed by atoms with Crippen LogP contribution in [-0.2, 0) is 9.53 Å². The number of anilines is 2. The largest absolute Gasteiger partial charge is 0.383 e. The van der Waals surface area contributed by atoms with Gasteiger partial charge in [0.1, 0.15) is 11.9 Å². The second-order valence-corrected chi connectivity index (χ2v) is 6.71. The van der Waals surface area contributed by atoms with E-state index in [0.29, 0.717) is 55.5 Å². The van der Waals surface area contributed by atoms with Crippen LogP contribution < -0.4 is 16.0 Å². The summed E-state index contributed by atoms with van der Waals surface area (Å²) in [6, 6.07) is 3.05. The van der Waals surface area contributed by atoms with E-state index in [0.717, 1.165) is 12.8 Å². The molecule has 156 valence electrons. The maximum absolute atomic E-state index is 11.9. The molecule has 1 amide bonds. The Balaban J connectivity index is 0.00000300. The summed E-state index contributed by atoms with van der Waals surface area (Å²) in [6.45, 7) is 1.76. The summed E-state index contributed by atoms with van der Waals surface area (Å²) in [6.07, 6.45) is 3.27. The molecule has 2 heterocycles. The number of aromatic nitrogens is 2. The fourth-order valence-electron chi connectivity index (χ4n) is 3.12. The summed E-state index contributed by atoms with van der Waals surface area (Å²) < 4.78 is 5.35. The Labute approximate surface area is 174 Å². The van der Waals surface area contributed by atoms with Gasteiger partial charge in [0.05, 0.1) is 5.52 Å². The van der Waals surface area contributed by atoms with Crippen molar-refractivity contribution in [1.82, 2.24) is 15.3 Å². The molecule has 0 spiro atoms. The number of rotatable bonds is 8. The standard InChI is InChI=1S/C19H23N5O4.ClH/c1-24(6-3-5-21-18(27)16-4-2-7-28-16)19-22-15-9-13(11-26)12(10-25)8-14(15)17(20)23-19;/h8-11,16H,2-7H2,1H3,(H,21,27)(H2,20,22,23);1H. The highest BCUT2D eigenvalue weighted by Crippen LogP contribution is 2.24. The molecule has 3 N–H and O–H groups in total. The Bertz CT molecular complexity index is 902. The van der Waals surface area contributed by atoms with Gasteiger partial charge in [-0.3, -0.25) is 14.4 Å². The Kier molecular flexibility index (Phi) is 7.86. The predicted octanol–water partition coefficient (Wildman–Crippen LogP) is 1.38. The molecule has 0 saturated carbocycles. The van der Waals surface area contributed by atoms with Gasteiger partial charge in [-0.15, -0.1) is 12.4 Å². The van der Waals surface area contributed by atoms with E-state index in [1.807, 2.05) is 11.9 Å². The lowest BCUT2D eigenvalue weighted by atomic mass is 10.1. The Morgan fingerprint density at radius 1 is 1.31 bits per heavy atom. The lowest BCUT2D eigenvalue weighted by Crippen LogP contribution is -2.36. The minimum absolute atomic E-state index is 0. The minimum atomic E-state index is -0.329. The van der Waals surface area contributed by atoms with Crippen LogP contribution in [0.15, 0.2) is 12.1 Å². The predicted molar refractivity (Wildman–Crippen MR) is 112 cm³/mol. The molecule has 0 radical (unpaired) electrons. The van der Waals surface area contributed by atoms with Crippen LogP contribution in [0.2, 0.25) is 0 Å². The van der Waals surface area contributed by atoms with Gasteiger partial charge >= 0.3 is 0 Å².